The minimum absolute atomic E-state index is 0.466. The average molecular weight is 296 g/mol. The number of benzene rings is 1. The Morgan fingerprint density at radius 2 is 1.85 bits per heavy atom. The smallest absolute Gasteiger partial charge is 0.359 e. The molecule has 20 heavy (non-hydrogen) atoms. The third kappa shape index (κ3) is 3.32. The molecule has 0 aliphatic rings. The largest absolute Gasteiger partial charge is 0.403 e. The maximum absolute atomic E-state index is 14.7. The van der Waals surface area contributed by atoms with Gasteiger partial charge < -0.3 is 4.43 Å². The van der Waals surface area contributed by atoms with Gasteiger partial charge in [-0.3, -0.25) is 4.57 Å². The summed E-state index contributed by atoms with van der Waals surface area (Å²) in [6.07, 6.45) is 2.39. The summed E-state index contributed by atoms with van der Waals surface area (Å²) >= 11 is 0. The Kier molecular flexibility index (Phi) is 4.05. The second kappa shape index (κ2) is 5.45. The fourth-order valence-corrected chi connectivity index (χ4v) is 2.88. The highest BCUT2D eigenvalue weighted by Crippen LogP contribution is 2.40. The van der Waals surface area contributed by atoms with Crippen LogP contribution in [-0.2, 0) is 10.5 Å². The Balaban J connectivity index is 2.41. The van der Waals surface area contributed by atoms with E-state index in [4.69, 9.17) is 4.43 Å². The van der Waals surface area contributed by atoms with E-state index in [2.05, 4.69) is 4.98 Å². The van der Waals surface area contributed by atoms with Crippen LogP contribution in [0, 0.1) is 0 Å². The molecule has 0 aliphatic heterocycles. The van der Waals surface area contributed by atoms with Gasteiger partial charge in [-0.25, -0.2) is 4.98 Å². The Bertz CT molecular complexity index is 538. The summed E-state index contributed by atoms with van der Waals surface area (Å²) in [7, 11) is -2.14. The second-order valence-electron chi connectivity index (χ2n) is 5.58. The van der Waals surface area contributed by atoms with Crippen molar-refractivity contribution in [3.05, 3.63) is 54.6 Å². The van der Waals surface area contributed by atoms with Crippen molar-refractivity contribution < 1.29 is 13.2 Å². The zero-order chi connectivity index (χ0) is 14.8. The Hall–Kier alpha value is -1.53. The highest BCUT2D eigenvalue weighted by atomic mass is 28.4. The van der Waals surface area contributed by atoms with Crippen LogP contribution in [0.1, 0.15) is 11.7 Å². The van der Waals surface area contributed by atoms with Crippen LogP contribution in [0.5, 0.6) is 0 Å². The summed E-state index contributed by atoms with van der Waals surface area (Å²) in [6, 6.07) is 5.41. The van der Waals surface area contributed by atoms with Gasteiger partial charge in [-0.1, -0.05) is 30.3 Å². The van der Waals surface area contributed by atoms with Crippen LogP contribution in [0.4, 0.5) is 8.78 Å². The first-order valence-corrected chi connectivity index (χ1v) is 9.80. The maximum atomic E-state index is 14.7. The second-order valence-corrected chi connectivity index (χ2v) is 10.0. The molecular weight excluding hydrogens is 278 g/mol. The lowest BCUT2D eigenvalue weighted by Gasteiger charge is -2.33. The van der Waals surface area contributed by atoms with Gasteiger partial charge in [0, 0.05) is 12.4 Å². The van der Waals surface area contributed by atoms with Gasteiger partial charge in [-0.15, -0.1) is 0 Å². The standard InChI is InChI=1S/C14H18F2N2OSi/c1-20(2,3)19-13(12-7-5-4-6-8-12)14(15,16)18-10-9-17-11-18/h4-11,13H,1-3H3/t13-/m0/s1. The lowest BCUT2D eigenvalue weighted by atomic mass is 10.1. The molecular formula is C14H18F2N2OSi. The highest BCUT2D eigenvalue weighted by Gasteiger charge is 2.45. The first-order chi connectivity index (χ1) is 9.31. The van der Waals surface area contributed by atoms with Crippen LogP contribution < -0.4 is 0 Å². The van der Waals surface area contributed by atoms with Crippen LogP contribution in [-0.4, -0.2) is 17.9 Å². The van der Waals surface area contributed by atoms with Gasteiger partial charge in [0.15, 0.2) is 14.4 Å². The summed E-state index contributed by atoms with van der Waals surface area (Å²) in [4.78, 5) is 3.70. The molecule has 2 rings (SSSR count). The zero-order valence-electron chi connectivity index (χ0n) is 11.8. The van der Waals surface area contributed by atoms with Crippen LogP contribution in [0.3, 0.4) is 0 Å². The Morgan fingerprint density at radius 1 is 1.20 bits per heavy atom. The molecule has 108 valence electrons. The van der Waals surface area contributed by atoms with Crippen LogP contribution in [0.25, 0.3) is 0 Å². The monoisotopic (exact) mass is 296 g/mol. The molecule has 0 N–H and O–H groups in total. The molecule has 1 heterocycles. The molecule has 0 aliphatic carbocycles. The topological polar surface area (TPSA) is 27.1 Å². The number of hydrogen-bond donors (Lipinski definition) is 0. The summed E-state index contributed by atoms with van der Waals surface area (Å²) in [5, 5.41) is 0. The number of imidazole rings is 1. The number of aromatic nitrogens is 2. The van der Waals surface area contributed by atoms with Gasteiger partial charge in [0.25, 0.3) is 0 Å². The van der Waals surface area contributed by atoms with Crippen molar-refractivity contribution in [2.45, 2.75) is 31.8 Å². The molecule has 0 saturated heterocycles. The molecule has 1 aromatic heterocycles. The van der Waals surface area contributed by atoms with Crippen LogP contribution >= 0.6 is 0 Å². The zero-order valence-corrected chi connectivity index (χ0v) is 12.8. The van der Waals surface area contributed by atoms with Gasteiger partial charge in [0.05, 0.1) is 6.33 Å². The molecule has 0 fully saturated rings. The first-order valence-electron chi connectivity index (χ1n) is 6.40. The number of alkyl halides is 2. The normalized spacial score (nSPS) is 14.2. The highest BCUT2D eigenvalue weighted by molar-refractivity contribution is 6.69. The molecule has 0 spiro atoms. The van der Waals surface area contributed by atoms with E-state index >= 15 is 0 Å². The van der Waals surface area contributed by atoms with E-state index in [1.165, 1.54) is 12.4 Å². The van der Waals surface area contributed by atoms with E-state index in [1.807, 2.05) is 19.6 Å². The predicted molar refractivity (Wildman–Crippen MR) is 76.0 cm³/mol. The van der Waals surface area contributed by atoms with Gasteiger partial charge in [-0.2, -0.15) is 8.78 Å². The summed E-state index contributed by atoms with van der Waals surface area (Å²) in [6.45, 7) is 5.69. The first kappa shape index (κ1) is 14.9. The lowest BCUT2D eigenvalue weighted by molar-refractivity contribution is -0.167. The summed E-state index contributed by atoms with van der Waals surface area (Å²) in [5.74, 6) is 0. The van der Waals surface area contributed by atoms with Crippen LogP contribution in [0.15, 0.2) is 49.1 Å². The number of nitrogens with zero attached hydrogens (tertiary/aromatic N) is 2. The lowest BCUT2D eigenvalue weighted by Crippen LogP contribution is -2.38. The van der Waals surface area contributed by atoms with E-state index in [0.717, 1.165) is 10.9 Å². The molecule has 1 aromatic carbocycles. The predicted octanol–water partition coefficient (Wildman–Crippen LogP) is 4.03. The van der Waals surface area contributed by atoms with Crippen molar-refractivity contribution >= 4 is 8.32 Å². The fourth-order valence-electron chi connectivity index (χ4n) is 1.89. The Labute approximate surface area is 118 Å². The minimum atomic E-state index is -3.18. The van der Waals surface area contributed by atoms with Crippen molar-refractivity contribution in [2.24, 2.45) is 0 Å². The van der Waals surface area contributed by atoms with Crippen LogP contribution in [0.2, 0.25) is 19.6 Å². The molecule has 0 saturated carbocycles. The molecule has 3 nitrogen and oxygen atoms in total. The van der Waals surface area contributed by atoms with E-state index in [-0.39, 0.29) is 0 Å². The Morgan fingerprint density at radius 3 is 2.35 bits per heavy atom. The van der Waals surface area contributed by atoms with Gasteiger partial charge in [-0.05, 0) is 25.2 Å². The van der Waals surface area contributed by atoms with Gasteiger partial charge in [0.1, 0.15) is 0 Å². The van der Waals surface area contributed by atoms with Crippen molar-refractivity contribution in [1.82, 2.24) is 9.55 Å². The average Bonchev–Trinajstić information content (AvgIpc) is 2.90. The number of hydrogen-bond acceptors (Lipinski definition) is 2. The van der Waals surface area contributed by atoms with Crippen molar-refractivity contribution in [3.8, 4) is 0 Å². The van der Waals surface area contributed by atoms with E-state index in [1.54, 1.807) is 30.3 Å². The SMILES string of the molecule is C[Si](C)(C)O[C@@H](c1ccccc1)C(F)(F)n1ccnc1. The summed E-state index contributed by atoms with van der Waals surface area (Å²) in [5.41, 5.74) is 0.466. The van der Waals surface area contributed by atoms with E-state index in [9.17, 15) is 8.78 Å². The number of rotatable bonds is 5. The summed E-state index contributed by atoms with van der Waals surface area (Å²) < 4.78 is 35.9. The minimum Gasteiger partial charge on any atom is -0.403 e. The third-order valence-electron chi connectivity index (χ3n) is 2.74. The van der Waals surface area contributed by atoms with E-state index in [0.29, 0.717) is 5.56 Å². The van der Waals surface area contributed by atoms with E-state index < -0.39 is 20.5 Å². The third-order valence-corrected chi connectivity index (χ3v) is 3.68. The molecule has 0 unspecified atom stereocenters. The van der Waals surface area contributed by atoms with Gasteiger partial charge in [0.2, 0.25) is 0 Å². The molecule has 6 heteroatoms. The number of halogens is 2. The molecule has 2 aromatic rings. The van der Waals surface area contributed by atoms with Crippen molar-refractivity contribution in [2.75, 3.05) is 0 Å². The quantitative estimate of drug-likeness (QED) is 0.779. The fraction of sp³-hybridized carbons (Fsp3) is 0.357. The van der Waals surface area contributed by atoms with Crippen molar-refractivity contribution in [1.29, 1.82) is 0 Å². The molecule has 1 atom stereocenters. The van der Waals surface area contributed by atoms with Gasteiger partial charge >= 0.3 is 6.05 Å². The molecule has 0 radical (unpaired) electrons. The molecule has 0 amide bonds. The maximum Gasteiger partial charge on any atom is 0.359 e. The van der Waals surface area contributed by atoms with Crippen molar-refractivity contribution in [3.63, 3.8) is 0 Å². The molecule has 0 bridgehead atoms.